The van der Waals surface area contributed by atoms with Crippen molar-refractivity contribution in [3.8, 4) is 0 Å². The largest absolute Gasteiger partial charge is 0.399 e. The fraction of sp³-hybridized carbons (Fsp3) is 0.500. The molecule has 1 aromatic carbocycles. The number of rotatable bonds is 3. The van der Waals surface area contributed by atoms with Crippen molar-refractivity contribution in [3.05, 3.63) is 29.8 Å². The van der Waals surface area contributed by atoms with Crippen molar-refractivity contribution in [2.75, 3.05) is 5.73 Å². The standard InChI is InChI=1S/C14H22N2O/c1-10(14(2,3)4)16-13(17)9-11-6-5-7-12(15)8-11/h5-8,10H,9,15H2,1-4H3,(H,16,17). The highest BCUT2D eigenvalue weighted by atomic mass is 16.1. The van der Waals surface area contributed by atoms with Crippen molar-refractivity contribution in [1.29, 1.82) is 0 Å². The van der Waals surface area contributed by atoms with E-state index in [0.29, 0.717) is 12.1 Å². The smallest absolute Gasteiger partial charge is 0.224 e. The molecule has 17 heavy (non-hydrogen) atoms. The molecule has 1 atom stereocenters. The first kappa shape index (κ1) is 13.6. The Morgan fingerprint density at radius 1 is 1.41 bits per heavy atom. The summed E-state index contributed by atoms with van der Waals surface area (Å²) >= 11 is 0. The molecule has 1 rings (SSSR count). The molecule has 0 saturated heterocycles. The van der Waals surface area contributed by atoms with E-state index in [-0.39, 0.29) is 17.4 Å². The van der Waals surface area contributed by atoms with Crippen molar-refractivity contribution in [1.82, 2.24) is 5.32 Å². The zero-order valence-electron chi connectivity index (χ0n) is 11.1. The molecule has 0 bridgehead atoms. The summed E-state index contributed by atoms with van der Waals surface area (Å²) in [6.07, 6.45) is 0.380. The summed E-state index contributed by atoms with van der Waals surface area (Å²) in [5.41, 5.74) is 7.39. The van der Waals surface area contributed by atoms with Gasteiger partial charge in [-0.15, -0.1) is 0 Å². The molecule has 0 heterocycles. The van der Waals surface area contributed by atoms with E-state index in [1.807, 2.05) is 31.2 Å². The highest BCUT2D eigenvalue weighted by Crippen LogP contribution is 2.18. The Morgan fingerprint density at radius 3 is 2.59 bits per heavy atom. The first-order valence-electron chi connectivity index (χ1n) is 5.93. The van der Waals surface area contributed by atoms with E-state index in [0.717, 1.165) is 5.56 Å². The normalized spacial score (nSPS) is 13.2. The lowest BCUT2D eigenvalue weighted by molar-refractivity contribution is -0.121. The fourth-order valence-corrected chi connectivity index (χ4v) is 1.40. The number of carbonyl (C=O) groups excluding carboxylic acids is 1. The minimum atomic E-state index is 0.0398. The topological polar surface area (TPSA) is 55.1 Å². The third-order valence-electron chi connectivity index (χ3n) is 2.99. The molecule has 1 unspecified atom stereocenters. The van der Waals surface area contributed by atoms with E-state index in [2.05, 4.69) is 26.1 Å². The van der Waals surface area contributed by atoms with Gasteiger partial charge in [0.2, 0.25) is 5.91 Å². The van der Waals surface area contributed by atoms with Crippen LogP contribution in [-0.2, 0) is 11.2 Å². The molecular formula is C14H22N2O. The number of hydrogen-bond donors (Lipinski definition) is 2. The molecule has 1 aromatic rings. The van der Waals surface area contributed by atoms with E-state index in [1.165, 1.54) is 0 Å². The molecule has 0 saturated carbocycles. The van der Waals surface area contributed by atoms with Gasteiger partial charge in [-0.3, -0.25) is 4.79 Å². The maximum atomic E-state index is 11.8. The Hall–Kier alpha value is -1.51. The molecule has 0 radical (unpaired) electrons. The van der Waals surface area contributed by atoms with Crippen LogP contribution >= 0.6 is 0 Å². The van der Waals surface area contributed by atoms with Crippen LogP contribution in [0.1, 0.15) is 33.3 Å². The van der Waals surface area contributed by atoms with E-state index in [1.54, 1.807) is 0 Å². The summed E-state index contributed by atoms with van der Waals surface area (Å²) in [4.78, 5) is 11.8. The average Bonchev–Trinajstić information content (AvgIpc) is 2.15. The second-order valence-corrected chi connectivity index (χ2v) is 5.58. The molecule has 0 aliphatic heterocycles. The van der Waals surface area contributed by atoms with Gasteiger partial charge >= 0.3 is 0 Å². The van der Waals surface area contributed by atoms with Gasteiger partial charge in [0.15, 0.2) is 0 Å². The molecule has 3 nitrogen and oxygen atoms in total. The first-order valence-corrected chi connectivity index (χ1v) is 5.93. The molecule has 3 N–H and O–H groups in total. The van der Waals surface area contributed by atoms with Gasteiger partial charge in [-0.2, -0.15) is 0 Å². The van der Waals surface area contributed by atoms with Crippen LogP contribution in [-0.4, -0.2) is 11.9 Å². The number of hydrogen-bond acceptors (Lipinski definition) is 2. The van der Waals surface area contributed by atoms with Crippen LogP contribution in [0.5, 0.6) is 0 Å². The van der Waals surface area contributed by atoms with Gasteiger partial charge in [-0.1, -0.05) is 32.9 Å². The third-order valence-corrected chi connectivity index (χ3v) is 2.99. The van der Waals surface area contributed by atoms with Crippen molar-refractivity contribution in [3.63, 3.8) is 0 Å². The molecule has 0 aliphatic rings. The fourth-order valence-electron chi connectivity index (χ4n) is 1.40. The monoisotopic (exact) mass is 234 g/mol. The van der Waals surface area contributed by atoms with Crippen LogP contribution in [0.2, 0.25) is 0 Å². The lowest BCUT2D eigenvalue weighted by Crippen LogP contribution is -2.42. The SMILES string of the molecule is CC(NC(=O)Cc1cccc(N)c1)C(C)(C)C. The molecule has 3 heteroatoms. The molecule has 0 fully saturated rings. The molecule has 94 valence electrons. The molecule has 0 aliphatic carbocycles. The Bertz CT molecular complexity index is 393. The zero-order valence-corrected chi connectivity index (χ0v) is 11.1. The second kappa shape index (κ2) is 5.21. The summed E-state index contributed by atoms with van der Waals surface area (Å²) in [5, 5.41) is 3.01. The molecular weight excluding hydrogens is 212 g/mol. The maximum Gasteiger partial charge on any atom is 0.224 e. The quantitative estimate of drug-likeness (QED) is 0.789. The molecule has 0 aromatic heterocycles. The zero-order chi connectivity index (χ0) is 13.1. The predicted octanol–water partition coefficient (Wildman–Crippen LogP) is 2.36. The minimum Gasteiger partial charge on any atom is -0.399 e. The van der Waals surface area contributed by atoms with Gasteiger partial charge in [-0.25, -0.2) is 0 Å². The van der Waals surface area contributed by atoms with Crippen molar-refractivity contribution in [2.24, 2.45) is 5.41 Å². The van der Waals surface area contributed by atoms with Crippen molar-refractivity contribution < 1.29 is 4.79 Å². The first-order chi connectivity index (χ1) is 7.79. The van der Waals surface area contributed by atoms with Crippen LogP contribution in [0.15, 0.2) is 24.3 Å². The Labute approximate surface area is 103 Å². The average molecular weight is 234 g/mol. The number of carbonyl (C=O) groups is 1. The van der Waals surface area contributed by atoms with Gasteiger partial charge < -0.3 is 11.1 Å². The molecule has 0 spiro atoms. The van der Waals surface area contributed by atoms with E-state index in [4.69, 9.17) is 5.73 Å². The van der Waals surface area contributed by atoms with E-state index in [9.17, 15) is 4.79 Å². The summed E-state index contributed by atoms with van der Waals surface area (Å²) in [6, 6.07) is 7.58. The van der Waals surface area contributed by atoms with Gasteiger partial charge in [0, 0.05) is 11.7 Å². The number of amides is 1. The Balaban J connectivity index is 2.56. The van der Waals surface area contributed by atoms with Gasteiger partial charge in [-0.05, 0) is 30.0 Å². The number of nitrogens with two attached hydrogens (primary N) is 1. The lowest BCUT2D eigenvalue weighted by atomic mass is 9.88. The van der Waals surface area contributed by atoms with Crippen LogP contribution < -0.4 is 11.1 Å². The summed E-state index contributed by atoms with van der Waals surface area (Å²) in [7, 11) is 0. The maximum absolute atomic E-state index is 11.8. The number of nitrogen functional groups attached to an aromatic ring is 1. The van der Waals surface area contributed by atoms with E-state index < -0.39 is 0 Å². The van der Waals surface area contributed by atoms with Crippen LogP contribution in [0.4, 0.5) is 5.69 Å². The van der Waals surface area contributed by atoms with Crippen LogP contribution in [0.3, 0.4) is 0 Å². The highest BCUT2D eigenvalue weighted by Gasteiger charge is 2.21. The van der Waals surface area contributed by atoms with Gasteiger partial charge in [0.1, 0.15) is 0 Å². The van der Waals surface area contributed by atoms with Gasteiger partial charge in [0.05, 0.1) is 6.42 Å². The summed E-state index contributed by atoms with van der Waals surface area (Å²) in [5.74, 6) is 0.0398. The Morgan fingerprint density at radius 2 is 2.06 bits per heavy atom. The molecule has 1 amide bonds. The van der Waals surface area contributed by atoms with E-state index >= 15 is 0 Å². The Kier molecular flexibility index (Phi) is 4.16. The highest BCUT2D eigenvalue weighted by molar-refractivity contribution is 5.79. The van der Waals surface area contributed by atoms with Crippen LogP contribution in [0, 0.1) is 5.41 Å². The van der Waals surface area contributed by atoms with Crippen LogP contribution in [0.25, 0.3) is 0 Å². The second-order valence-electron chi connectivity index (χ2n) is 5.58. The predicted molar refractivity (Wildman–Crippen MR) is 71.6 cm³/mol. The lowest BCUT2D eigenvalue weighted by Gasteiger charge is -2.28. The summed E-state index contributed by atoms with van der Waals surface area (Å²) in [6.45, 7) is 8.35. The minimum absolute atomic E-state index is 0.0398. The van der Waals surface area contributed by atoms with Crippen molar-refractivity contribution >= 4 is 11.6 Å². The van der Waals surface area contributed by atoms with Gasteiger partial charge in [0.25, 0.3) is 0 Å². The third kappa shape index (κ3) is 4.47. The summed E-state index contributed by atoms with van der Waals surface area (Å²) < 4.78 is 0. The number of benzene rings is 1. The number of nitrogens with one attached hydrogen (secondary N) is 1. The number of anilines is 1. The van der Waals surface area contributed by atoms with Crippen molar-refractivity contribution in [2.45, 2.75) is 40.2 Å².